The Kier molecular flexibility index (Phi) is 6.57. The highest BCUT2D eigenvalue weighted by atomic mass is 16.5. The molecule has 2 aromatic rings. The summed E-state index contributed by atoms with van der Waals surface area (Å²) in [5, 5.41) is 3.97. The van der Waals surface area contributed by atoms with Crippen molar-refractivity contribution >= 4 is 12.1 Å². The molecule has 2 rings (SSSR count). The summed E-state index contributed by atoms with van der Waals surface area (Å²) < 4.78 is 11.2. The predicted molar refractivity (Wildman–Crippen MR) is 99.5 cm³/mol. The summed E-state index contributed by atoms with van der Waals surface area (Å²) in [5.74, 6) is 1.16. The molecule has 0 saturated heterocycles. The average Bonchev–Trinajstić information content (AvgIpc) is 2.60. The van der Waals surface area contributed by atoms with E-state index in [1.807, 2.05) is 64.1 Å². The number of carbonyl (C=O) groups is 1. The molecule has 0 aliphatic heterocycles. The average molecular weight is 340 g/mol. The molecule has 0 spiro atoms. The van der Waals surface area contributed by atoms with E-state index in [0.29, 0.717) is 6.61 Å². The van der Waals surface area contributed by atoms with Gasteiger partial charge in [0.05, 0.1) is 12.8 Å². The van der Waals surface area contributed by atoms with Gasteiger partial charge in [0.15, 0.2) is 6.61 Å². The Hall–Kier alpha value is -2.82. The maximum absolute atomic E-state index is 11.9. The third-order valence-electron chi connectivity index (χ3n) is 3.83. The zero-order valence-corrected chi connectivity index (χ0v) is 15.1. The molecule has 1 amide bonds. The lowest BCUT2D eigenvalue weighted by atomic mass is 10.1. The fourth-order valence-electron chi connectivity index (χ4n) is 2.37. The molecule has 5 heteroatoms. The molecule has 0 atom stereocenters. The van der Waals surface area contributed by atoms with E-state index in [0.717, 1.165) is 33.8 Å². The number of ether oxygens (including phenoxy) is 2. The number of amides is 1. The van der Waals surface area contributed by atoms with Gasteiger partial charge < -0.3 is 9.47 Å². The normalized spacial score (nSPS) is 10.7. The number of rotatable bonds is 7. The first kappa shape index (κ1) is 18.5. The molecular weight excluding hydrogens is 316 g/mol. The fraction of sp³-hybridized carbons (Fsp3) is 0.300. The van der Waals surface area contributed by atoms with Gasteiger partial charge in [0.2, 0.25) is 0 Å². The SMILES string of the molecule is CCOc1ccccc1/C=N/NC(=O)COc1c(C)ccc(C)c1C. The van der Waals surface area contributed by atoms with Crippen molar-refractivity contribution < 1.29 is 14.3 Å². The molecule has 132 valence electrons. The number of hydrogen-bond donors (Lipinski definition) is 1. The van der Waals surface area contributed by atoms with Crippen LogP contribution in [0.25, 0.3) is 0 Å². The highest BCUT2D eigenvalue weighted by Crippen LogP contribution is 2.25. The Morgan fingerprint density at radius 3 is 2.56 bits per heavy atom. The van der Waals surface area contributed by atoms with Crippen molar-refractivity contribution in [2.24, 2.45) is 5.10 Å². The van der Waals surface area contributed by atoms with E-state index in [-0.39, 0.29) is 12.5 Å². The third-order valence-corrected chi connectivity index (χ3v) is 3.83. The zero-order chi connectivity index (χ0) is 18.2. The van der Waals surface area contributed by atoms with Crippen LogP contribution in [-0.4, -0.2) is 25.3 Å². The smallest absolute Gasteiger partial charge is 0.277 e. The van der Waals surface area contributed by atoms with Crippen molar-refractivity contribution in [2.45, 2.75) is 27.7 Å². The van der Waals surface area contributed by atoms with E-state index >= 15 is 0 Å². The minimum absolute atomic E-state index is 0.0877. The van der Waals surface area contributed by atoms with Crippen LogP contribution < -0.4 is 14.9 Å². The standard InChI is InChI=1S/C20H24N2O3/c1-5-24-18-9-7-6-8-17(18)12-21-22-19(23)13-25-20-15(3)11-10-14(2)16(20)4/h6-12H,5,13H2,1-4H3,(H,22,23)/b21-12+. The van der Waals surface area contributed by atoms with Crippen molar-refractivity contribution in [1.82, 2.24) is 5.43 Å². The first-order chi connectivity index (χ1) is 12.0. The van der Waals surface area contributed by atoms with E-state index in [1.54, 1.807) is 6.21 Å². The second kappa shape index (κ2) is 8.87. The van der Waals surface area contributed by atoms with Gasteiger partial charge in [-0.05, 0) is 56.5 Å². The van der Waals surface area contributed by atoms with Crippen molar-refractivity contribution in [3.63, 3.8) is 0 Å². The van der Waals surface area contributed by atoms with Crippen molar-refractivity contribution in [3.8, 4) is 11.5 Å². The van der Waals surface area contributed by atoms with Crippen molar-refractivity contribution in [2.75, 3.05) is 13.2 Å². The Bertz CT molecular complexity index is 770. The molecule has 0 bridgehead atoms. The van der Waals surface area contributed by atoms with E-state index in [2.05, 4.69) is 10.5 Å². The molecule has 0 aliphatic rings. The van der Waals surface area contributed by atoms with Crippen LogP contribution in [0, 0.1) is 20.8 Å². The molecule has 0 fully saturated rings. The number of nitrogens with one attached hydrogen (secondary N) is 1. The lowest BCUT2D eigenvalue weighted by Gasteiger charge is -2.13. The van der Waals surface area contributed by atoms with Crippen LogP contribution in [0.4, 0.5) is 0 Å². The molecule has 0 aromatic heterocycles. The molecule has 0 heterocycles. The highest BCUT2D eigenvalue weighted by molar-refractivity contribution is 5.85. The summed E-state index contributed by atoms with van der Waals surface area (Å²) in [6, 6.07) is 11.5. The van der Waals surface area contributed by atoms with Crippen LogP contribution in [0.1, 0.15) is 29.2 Å². The maximum Gasteiger partial charge on any atom is 0.277 e. The number of para-hydroxylation sites is 1. The fourth-order valence-corrected chi connectivity index (χ4v) is 2.37. The number of nitrogens with zero attached hydrogens (tertiary/aromatic N) is 1. The van der Waals surface area contributed by atoms with Crippen LogP contribution in [-0.2, 0) is 4.79 Å². The molecular formula is C20H24N2O3. The molecule has 25 heavy (non-hydrogen) atoms. The van der Waals surface area contributed by atoms with Gasteiger partial charge in [-0.15, -0.1) is 0 Å². The Labute approximate surface area is 148 Å². The molecule has 1 N–H and O–H groups in total. The van der Waals surface area contributed by atoms with E-state index in [4.69, 9.17) is 9.47 Å². The van der Waals surface area contributed by atoms with E-state index in [9.17, 15) is 4.79 Å². The highest BCUT2D eigenvalue weighted by Gasteiger charge is 2.09. The molecule has 0 aliphatic carbocycles. The minimum atomic E-state index is -0.314. The zero-order valence-electron chi connectivity index (χ0n) is 15.1. The molecule has 5 nitrogen and oxygen atoms in total. The first-order valence-electron chi connectivity index (χ1n) is 8.26. The number of carbonyl (C=O) groups excluding carboxylic acids is 1. The number of benzene rings is 2. The molecule has 0 unspecified atom stereocenters. The summed E-state index contributed by atoms with van der Waals surface area (Å²) >= 11 is 0. The van der Waals surface area contributed by atoms with Crippen LogP contribution in [0.2, 0.25) is 0 Å². The molecule has 0 radical (unpaired) electrons. The van der Waals surface area contributed by atoms with Gasteiger partial charge in [-0.2, -0.15) is 5.10 Å². The molecule has 0 saturated carbocycles. The van der Waals surface area contributed by atoms with Crippen LogP contribution in [0.15, 0.2) is 41.5 Å². The van der Waals surface area contributed by atoms with Crippen molar-refractivity contribution in [3.05, 3.63) is 58.7 Å². The van der Waals surface area contributed by atoms with Gasteiger partial charge in [-0.3, -0.25) is 4.79 Å². The summed E-state index contributed by atoms with van der Waals surface area (Å²) in [6.45, 7) is 8.36. The van der Waals surface area contributed by atoms with E-state index in [1.165, 1.54) is 0 Å². The Morgan fingerprint density at radius 2 is 1.80 bits per heavy atom. The third kappa shape index (κ3) is 5.08. The minimum Gasteiger partial charge on any atom is -0.493 e. The number of aryl methyl sites for hydroxylation is 2. The second-order valence-electron chi connectivity index (χ2n) is 5.71. The van der Waals surface area contributed by atoms with Crippen LogP contribution in [0.5, 0.6) is 11.5 Å². The van der Waals surface area contributed by atoms with Crippen LogP contribution in [0.3, 0.4) is 0 Å². The lowest BCUT2D eigenvalue weighted by molar-refractivity contribution is -0.123. The van der Waals surface area contributed by atoms with Crippen molar-refractivity contribution in [1.29, 1.82) is 0 Å². The van der Waals surface area contributed by atoms with E-state index < -0.39 is 0 Å². The van der Waals surface area contributed by atoms with Gasteiger partial charge in [0, 0.05) is 5.56 Å². The van der Waals surface area contributed by atoms with Gasteiger partial charge in [0.1, 0.15) is 11.5 Å². The Balaban J connectivity index is 1.93. The number of hydrazone groups is 1. The summed E-state index contributed by atoms with van der Waals surface area (Å²) in [6.07, 6.45) is 1.56. The lowest BCUT2D eigenvalue weighted by Crippen LogP contribution is -2.25. The number of hydrogen-bond acceptors (Lipinski definition) is 4. The van der Waals surface area contributed by atoms with Gasteiger partial charge in [-0.1, -0.05) is 24.3 Å². The quantitative estimate of drug-likeness (QED) is 0.619. The van der Waals surface area contributed by atoms with Crippen LogP contribution >= 0.6 is 0 Å². The monoisotopic (exact) mass is 340 g/mol. The summed E-state index contributed by atoms with van der Waals surface area (Å²) in [7, 11) is 0. The summed E-state index contributed by atoms with van der Waals surface area (Å²) in [5.41, 5.74) is 6.46. The van der Waals surface area contributed by atoms with Gasteiger partial charge in [-0.25, -0.2) is 5.43 Å². The summed E-state index contributed by atoms with van der Waals surface area (Å²) in [4.78, 5) is 11.9. The first-order valence-corrected chi connectivity index (χ1v) is 8.26. The molecule has 2 aromatic carbocycles. The second-order valence-corrected chi connectivity index (χ2v) is 5.71. The Morgan fingerprint density at radius 1 is 1.08 bits per heavy atom. The largest absolute Gasteiger partial charge is 0.493 e. The van der Waals surface area contributed by atoms with Gasteiger partial charge >= 0.3 is 0 Å². The maximum atomic E-state index is 11.9. The predicted octanol–water partition coefficient (Wildman–Crippen LogP) is 3.54. The van der Waals surface area contributed by atoms with Gasteiger partial charge in [0.25, 0.3) is 5.91 Å². The topological polar surface area (TPSA) is 59.9 Å².